The first kappa shape index (κ1) is 17.5. The number of hydrogen-bond donors (Lipinski definition) is 3. The summed E-state index contributed by atoms with van der Waals surface area (Å²) >= 11 is 0. The molecule has 4 N–H and O–H groups in total. The lowest BCUT2D eigenvalue weighted by Gasteiger charge is -2.23. The van der Waals surface area contributed by atoms with Gasteiger partial charge in [-0.2, -0.15) is 0 Å². The standard InChI is InChI=1S/C19H23N3O2/c1-12(2)17(14-7-5-4-6-8-14)22-19(24)21-15-10-9-13(3)16(11-15)18(20)23/h4-12,17H,1-3H3,(H2,20,23)(H2,21,22,24). The molecule has 0 fully saturated rings. The van der Waals surface area contributed by atoms with Crippen LogP contribution in [0.25, 0.3) is 0 Å². The van der Waals surface area contributed by atoms with Crippen LogP contribution in [0.3, 0.4) is 0 Å². The van der Waals surface area contributed by atoms with Crippen LogP contribution < -0.4 is 16.4 Å². The van der Waals surface area contributed by atoms with Gasteiger partial charge >= 0.3 is 6.03 Å². The first-order valence-electron chi connectivity index (χ1n) is 7.91. The van der Waals surface area contributed by atoms with Crippen molar-refractivity contribution in [3.8, 4) is 0 Å². The Morgan fingerprint density at radius 1 is 1.04 bits per heavy atom. The van der Waals surface area contributed by atoms with Crippen LogP contribution in [-0.4, -0.2) is 11.9 Å². The molecule has 0 bridgehead atoms. The summed E-state index contributed by atoms with van der Waals surface area (Å²) in [5.74, 6) is -0.279. The van der Waals surface area contributed by atoms with Crippen LogP contribution in [0.2, 0.25) is 0 Å². The number of nitrogens with one attached hydrogen (secondary N) is 2. The van der Waals surface area contributed by atoms with Crippen molar-refractivity contribution in [3.63, 3.8) is 0 Å². The van der Waals surface area contributed by atoms with Crippen LogP contribution in [0.15, 0.2) is 48.5 Å². The highest BCUT2D eigenvalue weighted by Crippen LogP contribution is 2.22. The van der Waals surface area contributed by atoms with Gasteiger partial charge in [-0.05, 0) is 36.1 Å². The van der Waals surface area contributed by atoms with E-state index in [-0.39, 0.29) is 18.0 Å². The van der Waals surface area contributed by atoms with Crippen LogP contribution in [0.1, 0.15) is 41.4 Å². The summed E-state index contributed by atoms with van der Waals surface area (Å²) in [6.45, 7) is 5.90. The molecule has 0 aromatic heterocycles. The minimum atomic E-state index is -0.513. The maximum atomic E-state index is 12.3. The molecule has 2 rings (SSSR count). The molecule has 3 amide bonds. The molecule has 0 radical (unpaired) electrons. The normalized spacial score (nSPS) is 11.8. The van der Waals surface area contributed by atoms with Gasteiger partial charge in [0.2, 0.25) is 5.91 Å². The zero-order chi connectivity index (χ0) is 17.7. The summed E-state index contributed by atoms with van der Waals surface area (Å²) in [5, 5.41) is 5.74. The van der Waals surface area contributed by atoms with E-state index in [2.05, 4.69) is 24.5 Å². The van der Waals surface area contributed by atoms with Crippen LogP contribution in [0, 0.1) is 12.8 Å². The largest absolute Gasteiger partial charge is 0.366 e. The molecule has 24 heavy (non-hydrogen) atoms. The van der Waals surface area contributed by atoms with Crippen molar-refractivity contribution in [1.29, 1.82) is 0 Å². The number of rotatable bonds is 5. The Kier molecular flexibility index (Phi) is 5.58. The highest BCUT2D eigenvalue weighted by atomic mass is 16.2. The number of primary amides is 1. The van der Waals surface area contributed by atoms with Crippen LogP contribution in [0.4, 0.5) is 10.5 Å². The number of carbonyl (C=O) groups excluding carboxylic acids is 2. The smallest absolute Gasteiger partial charge is 0.319 e. The lowest BCUT2D eigenvalue weighted by molar-refractivity contribution is 0.0999. The van der Waals surface area contributed by atoms with Crippen molar-refractivity contribution in [1.82, 2.24) is 5.32 Å². The molecule has 126 valence electrons. The van der Waals surface area contributed by atoms with Gasteiger partial charge in [0.25, 0.3) is 0 Å². The molecule has 0 saturated carbocycles. The summed E-state index contributed by atoms with van der Waals surface area (Å²) in [6, 6.07) is 14.5. The van der Waals surface area contributed by atoms with Crippen molar-refractivity contribution in [2.45, 2.75) is 26.8 Å². The highest BCUT2D eigenvalue weighted by Gasteiger charge is 2.18. The van der Waals surface area contributed by atoms with Gasteiger partial charge in [-0.1, -0.05) is 50.2 Å². The van der Waals surface area contributed by atoms with Gasteiger partial charge in [0.05, 0.1) is 6.04 Å². The number of benzene rings is 2. The fraction of sp³-hybridized carbons (Fsp3) is 0.263. The van der Waals surface area contributed by atoms with Gasteiger partial charge in [0.1, 0.15) is 0 Å². The van der Waals surface area contributed by atoms with E-state index in [1.54, 1.807) is 25.1 Å². The zero-order valence-corrected chi connectivity index (χ0v) is 14.2. The molecule has 2 aromatic carbocycles. The van der Waals surface area contributed by atoms with Gasteiger partial charge in [0, 0.05) is 11.3 Å². The Balaban J connectivity index is 2.12. The summed E-state index contributed by atoms with van der Waals surface area (Å²) in [7, 11) is 0. The summed E-state index contributed by atoms with van der Waals surface area (Å²) in [6.07, 6.45) is 0. The molecule has 1 unspecified atom stereocenters. The number of amides is 3. The van der Waals surface area contributed by atoms with E-state index in [1.165, 1.54) is 0 Å². The zero-order valence-electron chi connectivity index (χ0n) is 14.2. The number of carbonyl (C=O) groups is 2. The van der Waals surface area contributed by atoms with E-state index < -0.39 is 5.91 Å². The van der Waals surface area contributed by atoms with E-state index >= 15 is 0 Å². The Bertz CT molecular complexity index is 727. The number of anilines is 1. The van der Waals surface area contributed by atoms with E-state index in [0.717, 1.165) is 11.1 Å². The third-order valence-electron chi connectivity index (χ3n) is 3.87. The number of urea groups is 1. The number of nitrogens with two attached hydrogens (primary N) is 1. The predicted molar refractivity (Wildman–Crippen MR) is 95.9 cm³/mol. The van der Waals surface area contributed by atoms with E-state index in [1.807, 2.05) is 30.3 Å². The van der Waals surface area contributed by atoms with Crippen LogP contribution in [-0.2, 0) is 0 Å². The van der Waals surface area contributed by atoms with Crippen LogP contribution in [0.5, 0.6) is 0 Å². The lowest BCUT2D eigenvalue weighted by Crippen LogP contribution is -2.35. The molecular weight excluding hydrogens is 302 g/mol. The van der Waals surface area contributed by atoms with Gasteiger partial charge in [0.15, 0.2) is 0 Å². The quantitative estimate of drug-likeness (QED) is 0.784. The average Bonchev–Trinajstić information content (AvgIpc) is 2.54. The number of hydrogen-bond acceptors (Lipinski definition) is 2. The van der Waals surface area contributed by atoms with Crippen molar-refractivity contribution >= 4 is 17.6 Å². The Labute approximate surface area is 142 Å². The molecule has 0 heterocycles. The molecule has 0 aliphatic heterocycles. The Hall–Kier alpha value is -2.82. The molecule has 0 aliphatic carbocycles. The number of aryl methyl sites for hydroxylation is 1. The Morgan fingerprint density at radius 2 is 1.71 bits per heavy atom. The van der Waals surface area contributed by atoms with Gasteiger partial charge in [-0.25, -0.2) is 4.79 Å². The summed E-state index contributed by atoms with van der Waals surface area (Å²) < 4.78 is 0. The minimum Gasteiger partial charge on any atom is -0.366 e. The Morgan fingerprint density at radius 3 is 2.29 bits per heavy atom. The fourth-order valence-corrected chi connectivity index (χ4v) is 2.57. The average molecular weight is 325 g/mol. The maximum Gasteiger partial charge on any atom is 0.319 e. The minimum absolute atomic E-state index is 0.104. The highest BCUT2D eigenvalue weighted by molar-refractivity contribution is 5.97. The van der Waals surface area contributed by atoms with Crippen molar-refractivity contribution in [2.24, 2.45) is 11.7 Å². The van der Waals surface area contributed by atoms with Crippen LogP contribution >= 0.6 is 0 Å². The third kappa shape index (κ3) is 4.35. The van der Waals surface area contributed by atoms with Gasteiger partial charge < -0.3 is 16.4 Å². The van der Waals surface area contributed by atoms with Crippen molar-refractivity contribution in [3.05, 3.63) is 65.2 Å². The first-order chi connectivity index (χ1) is 11.4. The van der Waals surface area contributed by atoms with Gasteiger partial charge in [-0.15, -0.1) is 0 Å². The summed E-state index contributed by atoms with van der Waals surface area (Å²) in [4.78, 5) is 23.7. The molecule has 0 spiro atoms. The second-order valence-electron chi connectivity index (χ2n) is 6.12. The maximum absolute atomic E-state index is 12.3. The fourth-order valence-electron chi connectivity index (χ4n) is 2.57. The van der Waals surface area contributed by atoms with Crippen molar-refractivity contribution in [2.75, 3.05) is 5.32 Å². The van der Waals surface area contributed by atoms with Crippen molar-refractivity contribution < 1.29 is 9.59 Å². The van der Waals surface area contributed by atoms with E-state index in [0.29, 0.717) is 11.3 Å². The first-order valence-corrected chi connectivity index (χ1v) is 7.91. The summed E-state index contributed by atoms with van der Waals surface area (Å²) in [5.41, 5.74) is 8.09. The second-order valence-corrected chi connectivity index (χ2v) is 6.12. The molecule has 0 saturated heterocycles. The molecule has 0 aliphatic rings. The van der Waals surface area contributed by atoms with E-state index in [4.69, 9.17) is 5.73 Å². The third-order valence-corrected chi connectivity index (χ3v) is 3.87. The van der Waals surface area contributed by atoms with Gasteiger partial charge in [-0.3, -0.25) is 4.79 Å². The second kappa shape index (κ2) is 7.64. The molecule has 5 nitrogen and oxygen atoms in total. The SMILES string of the molecule is Cc1ccc(NC(=O)NC(c2ccccc2)C(C)C)cc1C(N)=O. The monoisotopic (exact) mass is 325 g/mol. The topological polar surface area (TPSA) is 84.2 Å². The predicted octanol–water partition coefficient (Wildman–Crippen LogP) is 3.61. The molecule has 5 heteroatoms. The lowest BCUT2D eigenvalue weighted by atomic mass is 9.96. The molecule has 2 aromatic rings. The van der Waals surface area contributed by atoms with E-state index in [9.17, 15) is 9.59 Å². The molecule has 1 atom stereocenters. The molecular formula is C19H23N3O2.